The number of halogens is 1. The van der Waals surface area contributed by atoms with Crippen LogP contribution in [0.5, 0.6) is 0 Å². The highest BCUT2D eigenvalue weighted by atomic mass is 79.9. The number of anilines is 1. The molecule has 2 N–H and O–H groups in total. The zero-order valence-electron chi connectivity index (χ0n) is 11.0. The minimum absolute atomic E-state index is 0.643. The number of imidazole rings is 1. The van der Waals surface area contributed by atoms with Gasteiger partial charge < -0.3 is 5.73 Å². The maximum atomic E-state index is 6.26. The molecule has 98 valence electrons. The Labute approximate surface area is 119 Å². The molecule has 0 unspecified atom stereocenters. The van der Waals surface area contributed by atoms with Crippen molar-refractivity contribution < 1.29 is 0 Å². The molecule has 3 heterocycles. The second-order valence-corrected chi connectivity index (χ2v) is 5.43. The Balaban J connectivity index is 2.35. The Morgan fingerprint density at radius 1 is 1.21 bits per heavy atom. The van der Waals surface area contributed by atoms with Gasteiger partial charge in [0.2, 0.25) is 0 Å². The highest BCUT2D eigenvalue weighted by molar-refractivity contribution is 9.10. The first kappa shape index (κ1) is 12.2. The number of nitrogen functional groups attached to an aromatic ring is 1. The number of hydrogen-bond acceptors (Lipinski definition) is 3. The average molecular weight is 320 g/mol. The molecule has 0 fully saturated rings. The van der Waals surface area contributed by atoms with Gasteiger partial charge in [0.1, 0.15) is 17.2 Å². The van der Waals surface area contributed by atoms with Crippen LogP contribution in [0.1, 0.15) is 11.4 Å². The first-order valence-electron chi connectivity index (χ1n) is 5.92. The van der Waals surface area contributed by atoms with Crippen molar-refractivity contribution in [3.8, 4) is 11.3 Å². The molecule has 3 aromatic heterocycles. The smallest absolute Gasteiger partial charge is 0.139 e. The van der Waals surface area contributed by atoms with Crippen LogP contribution in [0, 0.1) is 13.8 Å². The molecular weight excluding hydrogens is 306 g/mol. The van der Waals surface area contributed by atoms with E-state index in [2.05, 4.69) is 26.0 Å². The van der Waals surface area contributed by atoms with Gasteiger partial charge in [0, 0.05) is 28.5 Å². The van der Waals surface area contributed by atoms with Crippen molar-refractivity contribution in [1.82, 2.24) is 19.2 Å². The summed E-state index contributed by atoms with van der Waals surface area (Å²) in [5, 5.41) is 4.25. The molecule has 0 spiro atoms. The fourth-order valence-electron chi connectivity index (χ4n) is 2.22. The second kappa shape index (κ2) is 4.09. The predicted octanol–water partition coefficient (Wildman–Crippen LogP) is 2.70. The van der Waals surface area contributed by atoms with E-state index >= 15 is 0 Å². The largest absolute Gasteiger partial charge is 0.383 e. The molecule has 3 aromatic rings. The molecule has 0 amide bonds. The van der Waals surface area contributed by atoms with E-state index in [1.807, 2.05) is 42.1 Å². The maximum absolute atomic E-state index is 6.26. The summed E-state index contributed by atoms with van der Waals surface area (Å²) in [6.45, 7) is 4.02. The van der Waals surface area contributed by atoms with Crippen LogP contribution >= 0.6 is 15.9 Å². The second-order valence-electron chi connectivity index (χ2n) is 4.57. The highest BCUT2D eigenvalue weighted by Gasteiger charge is 2.17. The number of aryl methyl sites for hydroxylation is 2. The van der Waals surface area contributed by atoms with Gasteiger partial charge in [-0.25, -0.2) is 4.98 Å². The molecule has 0 aliphatic carbocycles. The van der Waals surface area contributed by atoms with Gasteiger partial charge in [-0.1, -0.05) is 0 Å². The Kier molecular flexibility index (Phi) is 2.63. The van der Waals surface area contributed by atoms with Gasteiger partial charge in [-0.05, 0) is 41.9 Å². The molecule has 0 saturated carbocycles. The summed E-state index contributed by atoms with van der Waals surface area (Å²) in [6.07, 6.45) is 1.80. The van der Waals surface area contributed by atoms with E-state index in [0.717, 1.165) is 32.8 Å². The minimum atomic E-state index is 0.643. The lowest BCUT2D eigenvalue weighted by molar-refractivity contribution is 0.740. The first-order valence-corrected chi connectivity index (χ1v) is 6.72. The molecule has 0 atom stereocenters. The van der Waals surface area contributed by atoms with Gasteiger partial charge in [0.05, 0.1) is 6.20 Å². The molecule has 0 aliphatic heterocycles. The topological polar surface area (TPSA) is 61.1 Å². The minimum Gasteiger partial charge on any atom is -0.383 e. The number of hydrogen-bond donors (Lipinski definition) is 1. The Hall–Kier alpha value is -1.82. The number of rotatable bonds is 1. The SMILES string of the molecule is Cc1c(-c2nc3ccc(Br)c(C)n3c2N)cnn1C. The number of nitrogens with two attached hydrogens (primary N) is 1. The molecule has 6 heteroatoms. The van der Waals surface area contributed by atoms with Crippen molar-refractivity contribution in [3.05, 3.63) is 34.2 Å². The molecule has 0 saturated heterocycles. The molecular formula is C13H14BrN5. The zero-order chi connectivity index (χ0) is 13.7. The fourth-order valence-corrected chi connectivity index (χ4v) is 2.53. The Morgan fingerprint density at radius 2 is 1.95 bits per heavy atom. The van der Waals surface area contributed by atoms with E-state index in [0.29, 0.717) is 5.82 Å². The van der Waals surface area contributed by atoms with Crippen LogP contribution in [-0.2, 0) is 7.05 Å². The van der Waals surface area contributed by atoms with Crippen molar-refractivity contribution in [2.45, 2.75) is 13.8 Å². The van der Waals surface area contributed by atoms with Crippen molar-refractivity contribution in [2.75, 3.05) is 5.73 Å². The van der Waals surface area contributed by atoms with Gasteiger partial charge >= 0.3 is 0 Å². The van der Waals surface area contributed by atoms with E-state index < -0.39 is 0 Å². The molecule has 0 radical (unpaired) electrons. The number of aromatic nitrogens is 4. The van der Waals surface area contributed by atoms with Crippen LogP contribution < -0.4 is 5.73 Å². The van der Waals surface area contributed by atoms with Gasteiger partial charge in [-0.3, -0.25) is 9.08 Å². The number of fused-ring (bicyclic) bond motifs is 1. The molecule has 0 bridgehead atoms. The lowest BCUT2D eigenvalue weighted by atomic mass is 10.2. The zero-order valence-corrected chi connectivity index (χ0v) is 12.6. The van der Waals surface area contributed by atoms with Crippen LogP contribution in [0.2, 0.25) is 0 Å². The number of nitrogens with zero attached hydrogens (tertiary/aromatic N) is 4. The summed E-state index contributed by atoms with van der Waals surface area (Å²) in [6, 6.07) is 3.93. The molecule has 5 nitrogen and oxygen atoms in total. The van der Waals surface area contributed by atoms with Gasteiger partial charge in [-0.15, -0.1) is 0 Å². The van der Waals surface area contributed by atoms with Crippen LogP contribution in [0.25, 0.3) is 16.9 Å². The van der Waals surface area contributed by atoms with Crippen molar-refractivity contribution in [1.29, 1.82) is 0 Å². The van der Waals surface area contributed by atoms with Gasteiger partial charge in [0.25, 0.3) is 0 Å². The van der Waals surface area contributed by atoms with E-state index in [9.17, 15) is 0 Å². The Morgan fingerprint density at radius 3 is 2.58 bits per heavy atom. The lowest BCUT2D eigenvalue weighted by Gasteiger charge is -2.04. The normalized spacial score (nSPS) is 11.4. The molecule has 0 aliphatic rings. The van der Waals surface area contributed by atoms with Crippen LogP contribution in [0.3, 0.4) is 0 Å². The van der Waals surface area contributed by atoms with Gasteiger partial charge in [0.15, 0.2) is 0 Å². The van der Waals surface area contributed by atoms with Crippen molar-refractivity contribution in [3.63, 3.8) is 0 Å². The average Bonchev–Trinajstić information content (AvgIpc) is 2.87. The highest BCUT2D eigenvalue weighted by Crippen LogP contribution is 2.31. The first-order chi connectivity index (χ1) is 9.00. The van der Waals surface area contributed by atoms with Crippen LogP contribution in [-0.4, -0.2) is 19.2 Å². The summed E-state index contributed by atoms with van der Waals surface area (Å²) in [5.74, 6) is 0.643. The van der Waals surface area contributed by atoms with Crippen LogP contribution in [0.15, 0.2) is 22.8 Å². The Bertz CT molecular complexity index is 784. The maximum Gasteiger partial charge on any atom is 0.139 e. The van der Waals surface area contributed by atoms with E-state index in [1.54, 1.807) is 6.20 Å². The molecule has 3 rings (SSSR count). The summed E-state index contributed by atoms with van der Waals surface area (Å²) >= 11 is 3.51. The standard InChI is InChI=1S/C13H14BrN5/c1-7-9(6-16-18(7)3)12-13(15)19-8(2)10(14)4-5-11(19)17-12/h4-6H,15H2,1-3H3. The van der Waals surface area contributed by atoms with E-state index in [4.69, 9.17) is 5.73 Å². The van der Waals surface area contributed by atoms with Crippen LogP contribution in [0.4, 0.5) is 5.82 Å². The predicted molar refractivity (Wildman–Crippen MR) is 79.0 cm³/mol. The quantitative estimate of drug-likeness (QED) is 0.750. The summed E-state index contributed by atoms with van der Waals surface area (Å²) in [4.78, 5) is 4.62. The van der Waals surface area contributed by atoms with Crippen molar-refractivity contribution >= 4 is 27.4 Å². The lowest BCUT2D eigenvalue weighted by Crippen LogP contribution is -1.99. The summed E-state index contributed by atoms with van der Waals surface area (Å²) in [7, 11) is 1.91. The van der Waals surface area contributed by atoms with Gasteiger partial charge in [-0.2, -0.15) is 5.10 Å². The molecule has 19 heavy (non-hydrogen) atoms. The summed E-state index contributed by atoms with van der Waals surface area (Å²) < 4.78 is 4.78. The molecule has 0 aromatic carbocycles. The third-order valence-electron chi connectivity index (χ3n) is 3.49. The third kappa shape index (κ3) is 1.67. The number of pyridine rings is 1. The van der Waals surface area contributed by atoms with E-state index in [-0.39, 0.29) is 0 Å². The monoisotopic (exact) mass is 319 g/mol. The van der Waals surface area contributed by atoms with E-state index in [1.165, 1.54) is 0 Å². The van der Waals surface area contributed by atoms with Crippen molar-refractivity contribution in [2.24, 2.45) is 7.05 Å². The summed E-state index contributed by atoms with van der Waals surface area (Å²) in [5.41, 5.74) is 10.9. The third-order valence-corrected chi connectivity index (χ3v) is 4.33. The fraction of sp³-hybridized carbons (Fsp3) is 0.231.